The van der Waals surface area contributed by atoms with Crippen molar-refractivity contribution in [3.63, 3.8) is 0 Å². The number of fused-ring (bicyclic) bond motifs is 2. The van der Waals surface area contributed by atoms with E-state index in [1.807, 2.05) is 6.92 Å². The van der Waals surface area contributed by atoms with Crippen LogP contribution < -0.4 is 0 Å². The summed E-state index contributed by atoms with van der Waals surface area (Å²) in [5.41, 5.74) is 0.223. The SMILES string of the molecule is C[C@H]1C(=O)C(Cl)(Cl)[C@H]1OC1C(OCC(C)(C)C)[C@H]2CC[C@]1(C)C2(C)C. The number of ketones is 1. The number of hydrogen-bond donors (Lipinski definition) is 0. The van der Waals surface area contributed by atoms with Crippen molar-refractivity contribution in [3.05, 3.63) is 0 Å². The topological polar surface area (TPSA) is 35.5 Å². The summed E-state index contributed by atoms with van der Waals surface area (Å²) >= 11 is 12.5. The van der Waals surface area contributed by atoms with Crippen LogP contribution in [0.15, 0.2) is 0 Å². The van der Waals surface area contributed by atoms with Gasteiger partial charge in [-0.05, 0) is 29.6 Å². The minimum atomic E-state index is -1.42. The third-order valence-electron chi connectivity index (χ3n) is 7.25. The van der Waals surface area contributed by atoms with Crippen LogP contribution in [0.25, 0.3) is 0 Å². The van der Waals surface area contributed by atoms with Gasteiger partial charge in [-0.3, -0.25) is 4.79 Å². The zero-order chi connectivity index (χ0) is 19.0. The van der Waals surface area contributed by atoms with E-state index in [0.29, 0.717) is 12.5 Å². The molecule has 0 spiro atoms. The highest BCUT2D eigenvalue weighted by Crippen LogP contribution is 2.67. The maximum Gasteiger partial charge on any atom is 0.202 e. The summed E-state index contributed by atoms with van der Waals surface area (Å²) in [5.74, 6) is 0.0562. The first-order valence-electron chi connectivity index (χ1n) is 9.43. The fourth-order valence-electron chi connectivity index (χ4n) is 5.16. The molecule has 3 saturated carbocycles. The number of carbonyl (C=O) groups excluding carboxylic acids is 1. The fraction of sp³-hybridized carbons (Fsp3) is 0.950. The van der Waals surface area contributed by atoms with Gasteiger partial charge in [0.15, 0.2) is 5.78 Å². The molecule has 0 aromatic carbocycles. The largest absolute Gasteiger partial charge is 0.375 e. The quantitative estimate of drug-likeness (QED) is 0.632. The monoisotopic (exact) mass is 390 g/mol. The summed E-state index contributed by atoms with van der Waals surface area (Å²) < 4.78 is 11.5. The maximum absolute atomic E-state index is 12.0. The molecular formula is C20H32Cl2O3. The van der Waals surface area contributed by atoms with E-state index in [2.05, 4.69) is 41.5 Å². The van der Waals surface area contributed by atoms with Crippen molar-refractivity contribution in [1.82, 2.24) is 0 Å². The highest BCUT2D eigenvalue weighted by molar-refractivity contribution is 6.61. The van der Waals surface area contributed by atoms with Crippen LogP contribution in [0.3, 0.4) is 0 Å². The minimum absolute atomic E-state index is 0.00241. The Morgan fingerprint density at radius 1 is 1.16 bits per heavy atom. The van der Waals surface area contributed by atoms with Crippen molar-refractivity contribution in [2.45, 2.75) is 84.0 Å². The first-order valence-corrected chi connectivity index (χ1v) is 10.2. The lowest BCUT2D eigenvalue weighted by atomic mass is 9.69. The van der Waals surface area contributed by atoms with E-state index >= 15 is 0 Å². The van der Waals surface area contributed by atoms with Gasteiger partial charge >= 0.3 is 0 Å². The molecule has 0 saturated heterocycles. The number of rotatable bonds is 4. The van der Waals surface area contributed by atoms with E-state index in [1.54, 1.807) is 0 Å². The zero-order valence-electron chi connectivity index (χ0n) is 16.5. The van der Waals surface area contributed by atoms with E-state index in [0.717, 1.165) is 12.8 Å². The molecule has 3 aliphatic rings. The third-order valence-corrected chi connectivity index (χ3v) is 8.05. The van der Waals surface area contributed by atoms with Crippen LogP contribution in [0.2, 0.25) is 0 Å². The molecule has 0 aliphatic heterocycles. The second-order valence-electron chi connectivity index (χ2n) is 10.4. The molecule has 2 bridgehead atoms. The Morgan fingerprint density at radius 2 is 1.76 bits per heavy atom. The van der Waals surface area contributed by atoms with Gasteiger partial charge in [-0.1, -0.05) is 71.7 Å². The normalized spacial score (nSPS) is 44.8. The van der Waals surface area contributed by atoms with Crippen LogP contribution in [0.1, 0.15) is 61.3 Å². The lowest BCUT2D eigenvalue weighted by molar-refractivity contribution is -0.187. The van der Waals surface area contributed by atoms with Crippen LogP contribution in [0, 0.1) is 28.1 Å². The molecule has 0 aromatic heterocycles. The van der Waals surface area contributed by atoms with Crippen molar-refractivity contribution in [2.24, 2.45) is 28.1 Å². The number of Topliss-reactive ketones (excluding diaryl/α,β-unsaturated/α-hetero) is 1. The molecule has 0 N–H and O–H groups in total. The Kier molecular flexibility index (Phi) is 4.65. The zero-order valence-corrected chi connectivity index (χ0v) is 18.0. The number of ether oxygens (including phenoxy) is 2. The Balaban J connectivity index is 1.85. The minimum Gasteiger partial charge on any atom is -0.375 e. The Morgan fingerprint density at radius 3 is 2.28 bits per heavy atom. The van der Waals surface area contributed by atoms with Crippen LogP contribution >= 0.6 is 23.2 Å². The van der Waals surface area contributed by atoms with Gasteiger partial charge in [-0.25, -0.2) is 0 Å². The summed E-state index contributed by atoms with van der Waals surface area (Å²) in [7, 11) is 0. The average Bonchev–Trinajstić information content (AvgIpc) is 2.80. The Labute approximate surface area is 162 Å². The first-order chi connectivity index (χ1) is 11.2. The number of carbonyl (C=O) groups is 1. The van der Waals surface area contributed by atoms with Gasteiger partial charge in [0.05, 0.1) is 18.8 Å². The summed E-state index contributed by atoms with van der Waals surface area (Å²) in [6.45, 7) is 16.0. The Hall–Kier alpha value is 0.170. The summed E-state index contributed by atoms with van der Waals surface area (Å²) in [6, 6.07) is 0. The number of halogens is 2. The molecule has 3 nitrogen and oxygen atoms in total. The molecular weight excluding hydrogens is 359 g/mol. The molecule has 0 radical (unpaired) electrons. The highest BCUT2D eigenvalue weighted by atomic mass is 35.5. The molecule has 0 heterocycles. The van der Waals surface area contributed by atoms with Crippen molar-refractivity contribution in [2.75, 3.05) is 6.61 Å². The molecule has 3 aliphatic carbocycles. The van der Waals surface area contributed by atoms with Crippen LogP contribution in [-0.4, -0.2) is 35.0 Å². The predicted molar refractivity (Wildman–Crippen MR) is 101 cm³/mol. The first kappa shape index (κ1) is 19.9. The van der Waals surface area contributed by atoms with Crippen molar-refractivity contribution in [1.29, 1.82) is 0 Å². The summed E-state index contributed by atoms with van der Waals surface area (Å²) in [6.07, 6.45) is 1.75. The van der Waals surface area contributed by atoms with E-state index in [9.17, 15) is 4.79 Å². The molecule has 3 rings (SSSR count). The van der Waals surface area contributed by atoms with E-state index in [4.69, 9.17) is 32.7 Å². The summed E-state index contributed by atoms with van der Waals surface area (Å²) in [4.78, 5) is 12.0. The van der Waals surface area contributed by atoms with Gasteiger partial charge in [0.1, 0.15) is 6.10 Å². The third kappa shape index (κ3) is 2.80. The molecule has 144 valence electrons. The molecule has 3 fully saturated rings. The number of alkyl halides is 2. The van der Waals surface area contributed by atoms with Crippen LogP contribution in [0.5, 0.6) is 0 Å². The number of hydrogen-bond acceptors (Lipinski definition) is 3. The Bertz CT molecular complexity index is 566. The molecule has 0 aromatic rings. The van der Waals surface area contributed by atoms with Gasteiger partial charge in [0.25, 0.3) is 0 Å². The van der Waals surface area contributed by atoms with Crippen LogP contribution in [-0.2, 0) is 14.3 Å². The van der Waals surface area contributed by atoms with Gasteiger partial charge in [0.2, 0.25) is 4.33 Å². The van der Waals surface area contributed by atoms with E-state index in [1.165, 1.54) is 0 Å². The predicted octanol–water partition coefficient (Wildman–Crippen LogP) is 5.02. The standard InChI is InChI=1S/C20H32Cl2O3/c1-11-14(23)20(21,22)15(11)25-16-13(24-10-17(2,3)4)12-8-9-19(16,7)18(12,5)6/h11-13,15-16H,8-10H2,1-7H3/t11-,12+,13?,15-,16?,19-/m0/s1. The summed E-state index contributed by atoms with van der Waals surface area (Å²) in [5, 5.41) is 0. The van der Waals surface area contributed by atoms with E-state index in [-0.39, 0.29) is 40.2 Å². The van der Waals surface area contributed by atoms with Gasteiger partial charge in [-0.2, -0.15) is 0 Å². The lowest BCUT2D eigenvalue weighted by Gasteiger charge is -2.49. The lowest BCUT2D eigenvalue weighted by Crippen LogP contribution is -2.63. The maximum atomic E-state index is 12.0. The van der Waals surface area contributed by atoms with Gasteiger partial charge in [-0.15, -0.1) is 0 Å². The molecule has 0 amide bonds. The van der Waals surface area contributed by atoms with Crippen LogP contribution in [0.4, 0.5) is 0 Å². The second-order valence-corrected chi connectivity index (χ2v) is 11.8. The molecule has 6 atom stereocenters. The smallest absolute Gasteiger partial charge is 0.202 e. The van der Waals surface area contributed by atoms with E-state index < -0.39 is 10.4 Å². The molecule has 2 unspecified atom stereocenters. The van der Waals surface area contributed by atoms with Crippen molar-refractivity contribution in [3.8, 4) is 0 Å². The van der Waals surface area contributed by atoms with Gasteiger partial charge < -0.3 is 9.47 Å². The average molecular weight is 391 g/mol. The second kappa shape index (κ2) is 5.83. The van der Waals surface area contributed by atoms with Crippen molar-refractivity contribution >= 4 is 29.0 Å². The molecule has 5 heteroatoms. The van der Waals surface area contributed by atoms with Gasteiger partial charge in [0, 0.05) is 11.3 Å². The fourth-order valence-corrected chi connectivity index (χ4v) is 5.98. The highest BCUT2D eigenvalue weighted by Gasteiger charge is 2.70. The van der Waals surface area contributed by atoms with Crippen molar-refractivity contribution < 1.29 is 14.3 Å². The molecule has 25 heavy (non-hydrogen) atoms.